The number of aromatic nitrogens is 2. The monoisotopic (exact) mass is 693 g/mol. The standard InChI is InChI=1S/C34H31ClF3N7O4/c35-23-7-2-1-5-20(23)21-6-3-8-24(29(21)36)41-32(48)27-14-18-13-26(18)45(27)28(46)16-44-25-10-9-19(15-22(25)30(42-44)31(39)47)40-33(49)43-12-4-11-34(37,38)17-43/h1-3,5-10,15,18,26-27H,4,11-14,16-17H2,(H2,39,47)(H,40,49)(H,41,48)/t18-,26+,27+/m1/s1. The lowest BCUT2D eigenvalue weighted by Crippen LogP contribution is -2.47. The maximum Gasteiger partial charge on any atom is 0.322 e. The van der Waals surface area contributed by atoms with Crippen LogP contribution >= 0.6 is 11.6 Å². The molecular weight excluding hydrogens is 663 g/mol. The summed E-state index contributed by atoms with van der Waals surface area (Å²) in [5, 5.41) is 10.1. The number of hydrogen-bond acceptors (Lipinski definition) is 5. The molecule has 3 aromatic carbocycles. The predicted octanol–water partition coefficient (Wildman–Crippen LogP) is 5.49. The Morgan fingerprint density at radius 3 is 2.53 bits per heavy atom. The summed E-state index contributed by atoms with van der Waals surface area (Å²) in [5.74, 6) is -5.35. The third-order valence-corrected chi connectivity index (χ3v) is 9.65. The van der Waals surface area contributed by atoms with Crippen LogP contribution < -0.4 is 16.4 Å². The first kappa shape index (κ1) is 32.4. The lowest BCUT2D eigenvalue weighted by atomic mass is 10.0. The highest BCUT2D eigenvalue weighted by atomic mass is 35.5. The first-order chi connectivity index (χ1) is 23.4. The number of nitrogens with two attached hydrogens (primary N) is 1. The fourth-order valence-electron chi connectivity index (χ4n) is 6.89. The second-order valence-corrected chi connectivity index (χ2v) is 13.1. The van der Waals surface area contributed by atoms with Crippen molar-refractivity contribution >= 4 is 57.6 Å². The zero-order valence-corrected chi connectivity index (χ0v) is 26.7. The Labute approximate surface area is 283 Å². The van der Waals surface area contributed by atoms with Gasteiger partial charge in [-0.2, -0.15) is 5.10 Å². The fourth-order valence-corrected chi connectivity index (χ4v) is 7.13. The molecule has 0 unspecified atom stereocenters. The van der Waals surface area contributed by atoms with Gasteiger partial charge in [0.2, 0.25) is 11.8 Å². The zero-order chi connectivity index (χ0) is 34.6. The summed E-state index contributed by atoms with van der Waals surface area (Å²) in [6.45, 7) is -0.853. The molecule has 254 valence electrons. The summed E-state index contributed by atoms with van der Waals surface area (Å²) in [4.78, 5) is 54.9. The summed E-state index contributed by atoms with van der Waals surface area (Å²) in [7, 11) is 0. The molecule has 0 bridgehead atoms. The zero-order valence-electron chi connectivity index (χ0n) is 26.0. The Bertz CT molecular complexity index is 2020. The van der Waals surface area contributed by atoms with Gasteiger partial charge in [-0.1, -0.05) is 41.9 Å². The summed E-state index contributed by atoms with van der Waals surface area (Å²) in [5.41, 5.74) is 6.67. The van der Waals surface area contributed by atoms with Gasteiger partial charge in [0.15, 0.2) is 11.5 Å². The number of urea groups is 1. The van der Waals surface area contributed by atoms with Gasteiger partial charge in [-0.3, -0.25) is 19.1 Å². The molecule has 7 rings (SSSR count). The largest absolute Gasteiger partial charge is 0.364 e. The molecule has 4 N–H and O–H groups in total. The van der Waals surface area contributed by atoms with Crippen LogP contribution in [0.15, 0.2) is 60.7 Å². The molecule has 2 saturated heterocycles. The van der Waals surface area contributed by atoms with E-state index in [0.717, 1.165) is 11.3 Å². The molecule has 3 atom stereocenters. The van der Waals surface area contributed by atoms with Crippen molar-refractivity contribution in [2.45, 2.75) is 50.2 Å². The van der Waals surface area contributed by atoms with Gasteiger partial charge in [-0.15, -0.1) is 0 Å². The Balaban J connectivity index is 1.09. The number of piperidine rings is 2. The minimum Gasteiger partial charge on any atom is -0.364 e. The molecule has 0 spiro atoms. The molecule has 1 aliphatic carbocycles. The molecule has 4 aromatic rings. The average molecular weight is 694 g/mol. The van der Waals surface area contributed by atoms with E-state index < -0.39 is 48.1 Å². The number of nitrogens with one attached hydrogen (secondary N) is 2. The number of benzene rings is 3. The van der Waals surface area contributed by atoms with E-state index in [1.54, 1.807) is 36.4 Å². The number of amides is 5. The van der Waals surface area contributed by atoms with Crippen molar-refractivity contribution in [3.8, 4) is 11.1 Å². The van der Waals surface area contributed by atoms with E-state index in [1.165, 1.54) is 33.8 Å². The summed E-state index contributed by atoms with van der Waals surface area (Å²) in [6, 6.07) is 14.1. The maximum atomic E-state index is 15.6. The van der Waals surface area contributed by atoms with Crippen LogP contribution in [0.4, 0.5) is 29.3 Å². The van der Waals surface area contributed by atoms with Crippen LogP contribution in [-0.2, 0) is 16.1 Å². The molecule has 11 nitrogen and oxygen atoms in total. The van der Waals surface area contributed by atoms with Gasteiger partial charge in [0.1, 0.15) is 12.6 Å². The van der Waals surface area contributed by atoms with Gasteiger partial charge >= 0.3 is 6.03 Å². The first-order valence-corrected chi connectivity index (χ1v) is 16.2. The topological polar surface area (TPSA) is 143 Å². The van der Waals surface area contributed by atoms with Gasteiger partial charge in [-0.25, -0.2) is 18.0 Å². The van der Waals surface area contributed by atoms with Crippen LogP contribution in [-0.4, -0.2) is 74.4 Å². The molecule has 3 aliphatic rings. The van der Waals surface area contributed by atoms with Crippen molar-refractivity contribution in [3.05, 3.63) is 77.2 Å². The molecule has 3 fully saturated rings. The van der Waals surface area contributed by atoms with Crippen LogP contribution in [0.3, 0.4) is 0 Å². The molecule has 5 amide bonds. The van der Waals surface area contributed by atoms with Crippen molar-refractivity contribution in [1.29, 1.82) is 0 Å². The van der Waals surface area contributed by atoms with Gasteiger partial charge in [0.05, 0.1) is 17.7 Å². The van der Waals surface area contributed by atoms with Gasteiger partial charge < -0.3 is 26.2 Å². The molecule has 2 aliphatic heterocycles. The summed E-state index contributed by atoms with van der Waals surface area (Å²) >= 11 is 6.28. The van der Waals surface area contributed by atoms with E-state index in [1.807, 2.05) is 0 Å². The summed E-state index contributed by atoms with van der Waals surface area (Å²) < 4.78 is 44.6. The number of hydrogen-bond donors (Lipinski definition) is 3. The van der Waals surface area contributed by atoms with E-state index in [0.29, 0.717) is 22.5 Å². The van der Waals surface area contributed by atoms with E-state index in [4.69, 9.17) is 17.3 Å². The van der Waals surface area contributed by atoms with Crippen LogP contribution in [0.2, 0.25) is 5.02 Å². The van der Waals surface area contributed by atoms with E-state index >= 15 is 4.39 Å². The number of rotatable bonds is 7. The van der Waals surface area contributed by atoms with Crippen molar-refractivity contribution < 1.29 is 32.3 Å². The summed E-state index contributed by atoms with van der Waals surface area (Å²) in [6.07, 6.45) is 1.02. The molecule has 3 heterocycles. The van der Waals surface area contributed by atoms with Crippen LogP contribution in [0.5, 0.6) is 0 Å². The SMILES string of the molecule is NC(=O)c1nn(CC(=O)N2[C@H](C(=O)Nc3cccc(-c4ccccc4Cl)c3F)C[C@H]3C[C@@H]32)c2ccc(NC(=O)N3CCCC(F)(F)C3)cc12. The van der Waals surface area contributed by atoms with Crippen LogP contribution in [0, 0.1) is 11.7 Å². The van der Waals surface area contributed by atoms with Gasteiger partial charge in [-0.05, 0) is 55.5 Å². The Morgan fingerprint density at radius 1 is 1.00 bits per heavy atom. The second kappa shape index (κ2) is 12.4. The Hall–Kier alpha value is -5.11. The molecule has 15 heteroatoms. The number of nitrogens with zero attached hydrogens (tertiary/aromatic N) is 4. The highest BCUT2D eigenvalue weighted by Crippen LogP contribution is 2.48. The molecular formula is C34H31ClF3N7O4. The Morgan fingerprint density at radius 2 is 1.78 bits per heavy atom. The van der Waals surface area contributed by atoms with E-state index in [-0.39, 0.29) is 65.9 Å². The van der Waals surface area contributed by atoms with E-state index in [2.05, 4.69) is 15.7 Å². The number of likely N-dealkylation sites (tertiary alicyclic amines) is 2. The minimum absolute atomic E-state index is 0.0449. The lowest BCUT2D eigenvalue weighted by Gasteiger charge is -2.32. The number of primary amides is 1. The van der Waals surface area contributed by atoms with Crippen molar-refractivity contribution in [2.24, 2.45) is 11.7 Å². The molecule has 1 saturated carbocycles. The second-order valence-electron chi connectivity index (χ2n) is 12.7. The highest BCUT2D eigenvalue weighted by molar-refractivity contribution is 6.33. The van der Waals surface area contributed by atoms with Crippen LogP contribution in [0.1, 0.15) is 36.2 Å². The quantitative estimate of drug-likeness (QED) is 0.235. The minimum atomic E-state index is -2.97. The van der Waals surface area contributed by atoms with Crippen LogP contribution in [0.25, 0.3) is 22.0 Å². The number of halogens is 4. The van der Waals surface area contributed by atoms with E-state index in [9.17, 15) is 28.0 Å². The fraction of sp³-hybridized carbons (Fsp3) is 0.324. The number of carbonyl (C=O) groups excluding carboxylic acids is 4. The molecule has 49 heavy (non-hydrogen) atoms. The lowest BCUT2D eigenvalue weighted by molar-refractivity contribution is -0.138. The number of anilines is 2. The number of carbonyl (C=O) groups is 4. The Kier molecular flexibility index (Phi) is 8.21. The average Bonchev–Trinajstić information content (AvgIpc) is 3.57. The normalized spacial score (nSPS) is 20.9. The molecule has 1 aromatic heterocycles. The van der Waals surface area contributed by atoms with Crippen molar-refractivity contribution in [2.75, 3.05) is 23.7 Å². The van der Waals surface area contributed by atoms with Crippen molar-refractivity contribution in [1.82, 2.24) is 19.6 Å². The van der Waals surface area contributed by atoms with Crippen molar-refractivity contribution in [3.63, 3.8) is 0 Å². The smallest absolute Gasteiger partial charge is 0.322 e. The third kappa shape index (κ3) is 6.28. The number of alkyl halides is 2. The van der Waals surface area contributed by atoms with Gasteiger partial charge in [0, 0.05) is 46.2 Å². The number of fused-ring (bicyclic) bond motifs is 2. The van der Waals surface area contributed by atoms with Gasteiger partial charge in [0.25, 0.3) is 11.8 Å². The third-order valence-electron chi connectivity index (χ3n) is 9.32. The predicted molar refractivity (Wildman–Crippen MR) is 176 cm³/mol. The molecule has 0 radical (unpaired) electrons. The highest BCUT2D eigenvalue weighted by Gasteiger charge is 2.56. The maximum absolute atomic E-state index is 15.6. The first-order valence-electron chi connectivity index (χ1n) is 15.8.